The summed E-state index contributed by atoms with van der Waals surface area (Å²) in [6.07, 6.45) is 0. The van der Waals surface area contributed by atoms with E-state index in [0.29, 0.717) is 42.1 Å². The number of carboxylic acid groups (broad SMARTS) is 1. The van der Waals surface area contributed by atoms with E-state index in [-0.39, 0.29) is 18.1 Å². The van der Waals surface area contributed by atoms with Crippen molar-refractivity contribution in [1.82, 2.24) is 9.47 Å². The van der Waals surface area contributed by atoms with Crippen molar-refractivity contribution in [1.29, 1.82) is 0 Å². The van der Waals surface area contributed by atoms with Crippen LogP contribution in [0.15, 0.2) is 42.5 Å². The lowest BCUT2D eigenvalue weighted by atomic mass is 10.1. The number of aromatic carboxylic acids is 1. The predicted molar refractivity (Wildman–Crippen MR) is 114 cm³/mol. The summed E-state index contributed by atoms with van der Waals surface area (Å²) < 4.78 is 15.0. The fraction of sp³-hybridized carbons (Fsp3) is 0.273. The zero-order valence-corrected chi connectivity index (χ0v) is 17.2. The molecule has 1 fully saturated rings. The summed E-state index contributed by atoms with van der Waals surface area (Å²) in [5.41, 5.74) is 2.55. The first-order valence-electron chi connectivity index (χ1n) is 9.65. The van der Waals surface area contributed by atoms with Crippen molar-refractivity contribution in [3.05, 3.63) is 64.6 Å². The number of piperazine rings is 1. The van der Waals surface area contributed by atoms with Gasteiger partial charge in [-0.3, -0.25) is 4.79 Å². The second-order valence-corrected chi connectivity index (χ2v) is 7.80. The summed E-state index contributed by atoms with van der Waals surface area (Å²) in [4.78, 5) is 28.5. The Bertz CT molecular complexity index is 1120. The molecular weight excluding hydrogens is 409 g/mol. The topological polar surface area (TPSA) is 65.8 Å². The van der Waals surface area contributed by atoms with Gasteiger partial charge in [0.15, 0.2) is 0 Å². The molecule has 1 N–H and O–H groups in total. The molecule has 0 unspecified atom stereocenters. The molecule has 1 aromatic heterocycles. The van der Waals surface area contributed by atoms with E-state index in [1.807, 2.05) is 25.1 Å². The number of fused-ring (bicyclic) bond motifs is 1. The highest BCUT2D eigenvalue weighted by Crippen LogP contribution is 2.30. The van der Waals surface area contributed by atoms with Crippen LogP contribution in [0.25, 0.3) is 10.9 Å². The number of anilines is 1. The molecule has 2 aromatic carbocycles. The normalized spacial score (nSPS) is 14.4. The van der Waals surface area contributed by atoms with E-state index < -0.39 is 11.8 Å². The summed E-state index contributed by atoms with van der Waals surface area (Å²) in [5.74, 6) is -1.78. The number of hydrogen-bond acceptors (Lipinski definition) is 3. The number of nitrogens with zero attached hydrogens (tertiary/aromatic N) is 3. The van der Waals surface area contributed by atoms with Crippen LogP contribution in [0.3, 0.4) is 0 Å². The Hall–Kier alpha value is -3.06. The van der Waals surface area contributed by atoms with Gasteiger partial charge >= 0.3 is 5.97 Å². The van der Waals surface area contributed by atoms with Crippen molar-refractivity contribution in [2.24, 2.45) is 0 Å². The average Bonchev–Trinajstić information content (AvgIpc) is 3.06. The number of hydrogen-bond donors (Lipinski definition) is 1. The molecule has 6 nitrogen and oxygen atoms in total. The molecule has 1 aliphatic heterocycles. The fourth-order valence-electron chi connectivity index (χ4n) is 4.03. The Kier molecular flexibility index (Phi) is 5.39. The van der Waals surface area contributed by atoms with Crippen LogP contribution in [-0.2, 0) is 11.3 Å². The lowest BCUT2D eigenvalue weighted by molar-refractivity contribution is -0.132. The Balaban J connectivity index is 1.51. The van der Waals surface area contributed by atoms with Gasteiger partial charge in [-0.1, -0.05) is 23.7 Å². The molecule has 1 saturated heterocycles. The molecular formula is C22H21ClFN3O3. The number of amides is 1. The van der Waals surface area contributed by atoms with E-state index in [1.54, 1.807) is 4.90 Å². The fourth-order valence-corrected chi connectivity index (χ4v) is 4.37. The Morgan fingerprint density at radius 3 is 2.50 bits per heavy atom. The highest BCUT2D eigenvalue weighted by atomic mass is 35.5. The van der Waals surface area contributed by atoms with Crippen molar-refractivity contribution in [3.63, 3.8) is 0 Å². The van der Waals surface area contributed by atoms with Gasteiger partial charge in [0, 0.05) is 37.1 Å². The zero-order chi connectivity index (χ0) is 21.4. The van der Waals surface area contributed by atoms with Gasteiger partial charge in [0.2, 0.25) is 5.91 Å². The van der Waals surface area contributed by atoms with Crippen LogP contribution in [0.2, 0.25) is 5.02 Å². The van der Waals surface area contributed by atoms with Gasteiger partial charge in [-0.2, -0.15) is 0 Å². The molecule has 0 aliphatic carbocycles. The summed E-state index contributed by atoms with van der Waals surface area (Å²) in [6.45, 7) is 4.20. The Morgan fingerprint density at radius 2 is 1.83 bits per heavy atom. The predicted octanol–water partition coefficient (Wildman–Crippen LogP) is 3.79. The number of carboxylic acids is 1. The third-order valence-corrected chi connectivity index (χ3v) is 5.82. The smallest absolute Gasteiger partial charge is 0.352 e. The zero-order valence-electron chi connectivity index (χ0n) is 16.4. The van der Waals surface area contributed by atoms with Crippen molar-refractivity contribution in [2.75, 3.05) is 31.1 Å². The van der Waals surface area contributed by atoms with Crippen LogP contribution < -0.4 is 4.90 Å². The van der Waals surface area contributed by atoms with Gasteiger partial charge in [-0.05, 0) is 42.8 Å². The van der Waals surface area contributed by atoms with E-state index in [1.165, 1.54) is 28.8 Å². The van der Waals surface area contributed by atoms with E-state index in [4.69, 9.17) is 11.6 Å². The van der Waals surface area contributed by atoms with Crippen LogP contribution in [0.4, 0.5) is 10.1 Å². The largest absolute Gasteiger partial charge is 0.477 e. The van der Waals surface area contributed by atoms with Crippen molar-refractivity contribution >= 4 is 40.1 Å². The molecule has 0 radical (unpaired) electrons. The molecule has 0 bridgehead atoms. The van der Waals surface area contributed by atoms with Crippen LogP contribution in [0, 0.1) is 12.7 Å². The first kappa shape index (κ1) is 20.2. The summed E-state index contributed by atoms with van der Waals surface area (Å²) in [7, 11) is 0. The summed E-state index contributed by atoms with van der Waals surface area (Å²) in [6, 6.07) is 11.2. The molecule has 8 heteroatoms. The minimum absolute atomic E-state index is 0.0331. The van der Waals surface area contributed by atoms with Gasteiger partial charge in [-0.15, -0.1) is 0 Å². The maximum atomic E-state index is 13.5. The SMILES string of the molecule is Cc1cccc(Cl)c1N1CCN(C(=O)Cn2c(C(=O)O)cc3cc(F)ccc32)CC1. The Morgan fingerprint density at radius 1 is 1.10 bits per heavy atom. The van der Waals surface area contributed by atoms with Crippen molar-refractivity contribution in [3.8, 4) is 0 Å². The molecule has 0 saturated carbocycles. The number of benzene rings is 2. The quantitative estimate of drug-likeness (QED) is 0.685. The number of halogens is 2. The van der Waals surface area contributed by atoms with E-state index >= 15 is 0 Å². The minimum atomic E-state index is -1.15. The summed E-state index contributed by atoms with van der Waals surface area (Å²) >= 11 is 6.36. The maximum absolute atomic E-state index is 13.5. The van der Waals surface area contributed by atoms with E-state index in [2.05, 4.69) is 4.90 Å². The number of rotatable bonds is 4. The average molecular weight is 430 g/mol. The van der Waals surface area contributed by atoms with Crippen molar-refractivity contribution < 1.29 is 19.1 Å². The molecule has 2 heterocycles. The second-order valence-electron chi connectivity index (χ2n) is 7.40. The first-order valence-corrected chi connectivity index (χ1v) is 10.0. The Labute approximate surface area is 178 Å². The van der Waals surface area contributed by atoms with Crippen molar-refractivity contribution in [2.45, 2.75) is 13.5 Å². The molecule has 0 spiro atoms. The van der Waals surface area contributed by atoms with E-state index in [9.17, 15) is 19.1 Å². The van der Waals surface area contributed by atoms with Crippen LogP contribution >= 0.6 is 11.6 Å². The standard InChI is InChI=1S/C22H21ClFN3O3/c1-14-3-2-4-17(23)21(14)26-9-7-25(8-10-26)20(28)13-27-18-6-5-16(24)11-15(18)12-19(27)22(29)30/h2-6,11-12H,7-10,13H2,1H3,(H,29,30). The lowest BCUT2D eigenvalue weighted by Crippen LogP contribution is -2.50. The number of carbonyl (C=O) groups is 2. The highest BCUT2D eigenvalue weighted by molar-refractivity contribution is 6.33. The first-order chi connectivity index (χ1) is 14.3. The minimum Gasteiger partial charge on any atom is -0.477 e. The third kappa shape index (κ3) is 3.73. The number of aromatic nitrogens is 1. The third-order valence-electron chi connectivity index (χ3n) is 5.51. The number of para-hydroxylation sites is 1. The van der Waals surface area contributed by atoms with Gasteiger partial charge in [0.25, 0.3) is 0 Å². The molecule has 1 aliphatic rings. The molecule has 1 amide bonds. The van der Waals surface area contributed by atoms with Gasteiger partial charge < -0.3 is 19.5 Å². The number of carbonyl (C=O) groups excluding carboxylic acids is 1. The summed E-state index contributed by atoms with van der Waals surface area (Å²) in [5, 5.41) is 10.7. The monoisotopic (exact) mass is 429 g/mol. The van der Waals surface area contributed by atoms with E-state index in [0.717, 1.165) is 11.3 Å². The molecule has 0 atom stereocenters. The van der Waals surface area contributed by atoms with Crippen LogP contribution in [0.1, 0.15) is 16.1 Å². The van der Waals surface area contributed by atoms with Gasteiger partial charge in [0.05, 0.1) is 10.7 Å². The molecule has 3 aromatic rings. The van der Waals surface area contributed by atoms with Crippen LogP contribution in [-0.4, -0.2) is 52.6 Å². The number of aryl methyl sites for hydroxylation is 1. The lowest BCUT2D eigenvalue weighted by Gasteiger charge is -2.37. The maximum Gasteiger partial charge on any atom is 0.352 e. The highest BCUT2D eigenvalue weighted by Gasteiger charge is 2.25. The second kappa shape index (κ2) is 7.99. The van der Waals surface area contributed by atoms with Gasteiger partial charge in [-0.25, -0.2) is 9.18 Å². The van der Waals surface area contributed by atoms with Crippen LogP contribution in [0.5, 0.6) is 0 Å². The molecule has 30 heavy (non-hydrogen) atoms. The molecule has 4 rings (SSSR count). The van der Waals surface area contributed by atoms with Gasteiger partial charge in [0.1, 0.15) is 18.1 Å². The molecule has 156 valence electrons.